The summed E-state index contributed by atoms with van der Waals surface area (Å²) in [4.78, 5) is 25.1. The number of carbonyl (C=O) groups excluding carboxylic acids is 1. The second kappa shape index (κ2) is 11.4. The van der Waals surface area contributed by atoms with Crippen molar-refractivity contribution in [3.05, 3.63) is 52.9 Å². The molecule has 0 saturated carbocycles. The summed E-state index contributed by atoms with van der Waals surface area (Å²) in [6, 6.07) is 12.8. The maximum atomic E-state index is 12.8. The van der Waals surface area contributed by atoms with E-state index in [0.29, 0.717) is 23.8 Å². The molecule has 9 nitrogen and oxygen atoms in total. The van der Waals surface area contributed by atoms with E-state index in [4.69, 9.17) is 14.2 Å². The monoisotopic (exact) mass is 457 g/mol. The van der Waals surface area contributed by atoms with Crippen molar-refractivity contribution < 1.29 is 24.1 Å². The minimum Gasteiger partial charge on any atom is -0.493 e. The number of ether oxygens (including phenoxy) is 3. The largest absolute Gasteiger partial charge is 0.493 e. The number of imidazole rings is 1. The number of aliphatic hydroxyl groups excluding tert-OH is 1. The van der Waals surface area contributed by atoms with Gasteiger partial charge in [-0.1, -0.05) is 25.1 Å². The molecular formula is C24H31N3O6. The molecule has 0 radical (unpaired) electrons. The lowest BCUT2D eigenvalue weighted by atomic mass is 10.3. The van der Waals surface area contributed by atoms with Crippen molar-refractivity contribution in [2.24, 2.45) is 0 Å². The highest BCUT2D eigenvalue weighted by Gasteiger charge is 2.16. The number of rotatable bonds is 12. The van der Waals surface area contributed by atoms with Crippen LogP contribution >= 0.6 is 0 Å². The van der Waals surface area contributed by atoms with E-state index in [2.05, 4.69) is 5.32 Å². The third kappa shape index (κ3) is 5.67. The Bertz CT molecular complexity index is 1110. The second-order valence-corrected chi connectivity index (χ2v) is 7.59. The van der Waals surface area contributed by atoms with Gasteiger partial charge >= 0.3 is 5.69 Å². The third-order valence-electron chi connectivity index (χ3n) is 5.27. The number of aromatic nitrogens is 2. The topological polar surface area (TPSA) is 104 Å². The standard InChI is InChI=1S/C24H31N3O6/c1-4-13-26-18-8-5-6-9-19(18)27(24(26)30)14-12-22(29)25-15-17(28)16-33-23-20(31-2)10-7-11-21(23)32-3/h5-11,17,28H,4,12-16H2,1-3H3,(H,25,29). The number of para-hydroxylation sites is 3. The quantitative estimate of drug-likeness (QED) is 0.432. The zero-order valence-electron chi connectivity index (χ0n) is 19.2. The Labute approximate surface area is 192 Å². The fourth-order valence-electron chi connectivity index (χ4n) is 3.66. The van der Waals surface area contributed by atoms with Crippen LogP contribution in [0.5, 0.6) is 17.2 Å². The van der Waals surface area contributed by atoms with E-state index in [-0.39, 0.29) is 37.7 Å². The van der Waals surface area contributed by atoms with Crippen molar-refractivity contribution in [3.63, 3.8) is 0 Å². The summed E-state index contributed by atoms with van der Waals surface area (Å²) in [5.74, 6) is 1.09. The maximum absolute atomic E-state index is 12.8. The molecule has 2 N–H and O–H groups in total. The molecule has 1 amide bonds. The summed E-state index contributed by atoms with van der Waals surface area (Å²) in [5, 5.41) is 12.9. The van der Waals surface area contributed by atoms with Gasteiger partial charge in [0.1, 0.15) is 12.7 Å². The predicted molar refractivity (Wildman–Crippen MR) is 125 cm³/mol. The van der Waals surface area contributed by atoms with Crippen LogP contribution in [0, 0.1) is 0 Å². The molecule has 1 unspecified atom stereocenters. The molecule has 0 fully saturated rings. The zero-order valence-corrected chi connectivity index (χ0v) is 19.2. The molecule has 1 heterocycles. The average Bonchev–Trinajstić information content (AvgIpc) is 3.10. The lowest BCUT2D eigenvalue weighted by Crippen LogP contribution is -2.36. The molecule has 9 heteroatoms. The maximum Gasteiger partial charge on any atom is 0.329 e. The first-order valence-electron chi connectivity index (χ1n) is 11.0. The van der Waals surface area contributed by atoms with Gasteiger partial charge in [-0.2, -0.15) is 0 Å². The molecule has 2 aromatic carbocycles. The normalized spacial score (nSPS) is 11.9. The number of benzene rings is 2. The number of aryl methyl sites for hydroxylation is 2. The van der Waals surface area contributed by atoms with E-state index < -0.39 is 6.10 Å². The minimum atomic E-state index is -0.933. The molecule has 178 valence electrons. The van der Waals surface area contributed by atoms with Crippen molar-refractivity contribution in [2.45, 2.75) is 39.0 Å². The van der Waals surface area contributed by atoms with Crippen LogP contribution in [0.2, 0.25) is 0 Å². The zero-order chi connectivity index (χ0) is 23.8. The Hall–Kier alpha value is -3.46. The Kier molecular flexibility index (Phi) is 8.37. The van der Waals surface area contributed by atoms with Gasteiger partial charge in [0.15, 0.2) is 11.5 Å². The van der Waals surface area contributed by atoms with Gasteiger partial charge in [-0.05, 0) is 30.7 Å². The first-order chi connectivity index (χ1) is 16.0. The van der Waals surface area contributed by atoms with Gasteiger partial charge in [0.05, 0.1) is 25.3 Å². The number of amides is 1. The number of nitrogens with zero attached hydrogens (tertiary/aromatic N) is 2. The number of nitrogens with one attached hydrogen (secondary N) is 1. The second-order valence-electron chi connectivity index (χ2n) is 7.59. The van der Waals surface area contributed by atoms with E-state index in [9.17, 15) is 14.7 Å². The molecule has 0 saturated heterocycles. The number of aliphatic hydroxyl groups is 1. The van der Waals surface area contributed by atoms with Gasteiger partial charge in [0.25, 0.3) is 0 Å². The number of carbonyl (C=O) groups is 1. The van der Waals surface area contributed by atoms with E-state index >= 15 is 0 Å². The first kappa shape index (κ1) is 24.2. The van der Waals surface area contributed by atoms with Gasteiger partial charge in [0, 0.05) is 26.1 Å². The summed E-state index contributed by atoms with van der Waals surface area (Å²) in [7, 11) is 3.03. The van der Waals surface area contributed by atoms with E-state index in [0.717, 1.165) is 17.5 Å². The predicted octanol–water partition coefficient (Wildman–Crippen LogP) is 2.18. The summed E-state index contributed by atoms with van der Waals surface area (Å²) in [6.45, 7) is 2.86. The number of methoxy groups -OCH3 is 2. The number of fused-ring (bicyclic) bond motifs is 1. The lowest BCUT2D eigenvalue weighted by Gasteiger charge is -2.17. The molecule has 1 aromatic heterocycles. The van der Waals surface area contributed by atoms with Crippen molar-refractivity contribution >= 4 is 16.9 Å². The van der Waals surface area contributed by atoms with E-state index in [1.54, 1.807) is 27.3 Å². The number of hydrogen-bond acceptors (Lipinski definition) is 6. The highest BCUT2D eigenvalue weighted by molar-refractivity contribution is 5.78. The summed E-state index contributed by atoms with van der Waals surface area (Å²) in [5.41, 5.74) is 1.55. The van der Waals surface area contributed by atoms with Crippen LogP contribution in [-0.2, 0) is 17.9 Å². The molecule has 0 aliphatic rings. The van der Waals surface area contributed by atoms with Gasteiger partial charge in [-0.15, -0.1) is 0 Å². The van der Waals surface area contributed by atoms with Crippen LogP contribution in [-0.4, -0.2) is 53.6 Å². The molecule has 1 atom stereocenters. The molecule has 3 aromatic rings. The lowest BCUT2D eigenvalue weighted by molar-refractivity contribution is -0.121. The van der Waals surface area contributed by atoms with Crippen LogP contribution < -0.4 is 25.2 Å². The van der Waals surface area contributed by atoms with Crippen molar-refractivity contribution in [3.8, 4) is 17.2 Å². The molecule has 3 rings (SSSR count). The summed E-state index contributed by atoms with van der Waals surface area (Å²) < 4.78 is 19.6. The van der Waals surface area contributed by atoms with Crippen LogP contribution in [0.4, 0.5) is 0 Å². The van der Waals surface area contributed by atoms with Crippen LogP contribution in [0.25, 0.3) is 11.0 Å². The summed E-state index contributed by atoms with van der Waals surface area (Å²) >= 11 is 0. The molecule has 0 aliphatic heterocycles. The Morgan fingerprint density at radius 2 is 1.61 bits per heavy atom. The SMILES string of the molecule is CCCn1c(=O)n(CCC(=O)NCC(O)COc2c(OC)cccc2OC)c2ccccc21. The fraction of sp³-hybridized carbons (Fsp3) is 0.417. The molecule has 0 aliphatic carbocycles. The molecular weight excluding hydrogens is 426 g/mol. The highest BCUT2D eigenvalue weighted by atomic mass is 16.5. The van der Waals surface area contributed by atoms with E-state index in [1.807, 2.05) is 31.2 Å². The Balaban J connectivity index is 1.54. The van der Waals surface area contributed by atoms with Crippen molar-refractivity contribution in [1.82, 2.24) is 14.5 Å². The molecule has 0 bridgehead atoms. The molecule has 0 spiro atoms. The van der Waals surface area contributed by atoms with Crippen LogP contribution in [0.15, 0.2) is 47.3 Å². The fourth-order valence-corrected chi connectivity index (χ4v) is 3.66. The molecule has 33 heavy (non-hydrogen) atoms. The van der Waals surface area contributed by atoms with Crippen LogP contribution in [0.1, 0.15) is 19.8 Å². The highest BCUT2D eigenvalue weighted by Crippen LogP contribution is 2.36. The van der Waals surface area contributed by atoms with Gasteiger partial charge in [-0.25, -0.2) is 4.79 Å². The average molecular weight is 458 g/mol. The first-order valence-corrected chi connectivity index (χ1v) is 11.0. The van der Waals surface area contributed by atoms with Crippen molar-refractivity contribution in [2.75, 3.05) is 27.4 Å². The Morgan fingerprint density at radius 1 is 1.00 bits per heavy atom. The third-order valence-corrected chi connectivity index (χ3v) is 5.27. The van der Waals surface area contributed by atoms with E-state index in [1.165, 1.54) is 14.2 Å². The van der Waals surface area contributed by atoms with Crippen molar-refractivity contribution in [1.29, 1.82) is 0 Å². The van der Waals surface area contributed by atoms with Gasteiger partial charge < -0.3 is 24.6 Å². The number of hydrogen-bond donors (Lipinski definition) is 2. The van der Waals surface area contributed by atoms with Gasteiger partial charge in [0.2, 0.25) is 11.7 Å². The minimum absolute atomic E-state index is 0.0167. The summed E-state index contributed by atoms with van der Waals surface area (Å²) in [6.07, 6.45) is 0.0287. The van der Waals surface area contributed by atoms with Gasteiger partial charge in [-0.3, -0.25) is 13.9 Å². The van der Waals surface area contributed by atoms with Crippen LogP contribution in [0.3, 0.4) is 0 Å². The Morgan fingerprint density at radius 3 is 2.18 bits per heavy atom. The smallest absolute Gasteiger partial charge is 0.329 e.